The van der Waals surface area contributed by atoms with Crippen LogP contribution in [-0.4, -0.2) is 42.2 Å². The molecule has 34 heavy (non-hydrogen) atoms. The van der Waals surface area contributed by atoms with E-state index in [0.717, 1.165) is 23.7 Å². The standard InChI is InChI=1S/C25H31ClFN5O2/c1-14(2)32(3)13-16-4-6-19-17(8-16)11-18(12-30-25(28)29)23(19)31-24(34)22(33)10-15-5-7-20(26)21(27)9-15/h4-9,14,18,23H,10-13H2,1-3H3,(H,31,34)(H4,28,29,30)/t18-,23-/m1/s1. The van der Waals surface area contributed by atoms with Gasteiger partial charge in [-0.15, -0.1) is 0 Å². The van der Waals surface area contributed by atoms with E-state index in [0.29, 0.717) is 24.6 Å². The van der Waals surface area contributed by atoms with Crippen molar-refractivity contribution in [2.24, 2.45) is 22.4 Å². The molecule has 2 aromatic carbocycles. The fourth-order valence-electron chi connectivity index (χ4n) is 4.09. The zero-order valence-corrected chi connectivity index (χ0v) is 20.4. The van der Waals surface area contributed by atoms with Crippen LogP contribution < -0.4 is 16.8 Å². The normalized spacial score (nSPS) is 17.0. The molecule has 0 aromatic heterocycles. The lowest BCUT2D eigenvalue weighted by molar-refractivity contribution is -0.138. The molecular weight excluding hydrogens is 457 g/mol. The van der Waals surface area contributed by atoms with Crippen molar-refractivity contribution in [2.75, 3.05) is 13.6 Å². The average molecular weight is 488 g/mol. The van der Waals surface area contributed by atoms with Gasteiger partial charge in [-0.25, -0.2) is 4.39 Å². The van der Waals surface area contributed by atoms with Crippen LogP contribution in [0.25, 0.3) is 0 Å². The first-order valence-corrected chi connectivity index (χ1v) is 11.6. The van der Waals surface area contributed by atoms with Crippen molar-refractivity contribution >= 4 is 29.3 Å². The summed E-state index contributed by atoms with van der Waals surface area (Å²) in [5, 5.41) is 2.83. The fourth-order valence-corrected chi connectivity index (χ4v) is 4.21. The SMILES string of the molecule is CC(C)N(C)Cc1ccc2c(c1)C[C@H](CN=C(N)N)[C@H]2NC(=O)C(=O)Cc1ccc(Cl)c(F)c1. The van der Waals surface area contributed by atoms with Crippen LogP contribution in [-0.2, 0) is 29.0 Å². The van der Waals surface area contributed by atoms with Gasteiger partial charge in [0.2, 0.25) is 5.78 Å². The summed E-state index contributed by atoms with van der Waals surface area (Å²) in [7, 11) is 2.07. The number of nitrogens with one attached hydrogen (secondary N) is 1. The number of rotatable bonds is 9. The summed E-state index contributed by atoms with van der Waals surface area (Å²) in [4.78, 5) is 31.7. The summed E-state index contributed by atoms with van der Waals surface area (Å²) in [6.07, 6.45) is 0.450. The van der Waals surface area contributed by atoms with Gasteiger partial charge in [0.25, 0.3) is 5.91 Å². The number of carbonyl (C=O) groups excluding carboxylic acids is 2. The molecule has 5 N–H and O–H groups in total. The molecule has 0 saturated heterocycles. The van der Waals surface area contributed by atoms with E-state index in [4.69, 9.17) is 23.1 Å². The minimum Gasteiger partial charge on any atom is -0.370 e. The minimum absolute atomic E-state index is 0.0267. The zero-order valence-electron chi connectivity index (χ0n) is 19.6. The number of nitrogens with two attached hydrogens (primary N) is 2. The van der Waals surface area contributed by atoms with Crippen LogP contribution >= 0.6 is 11.6 Å². The largest absolute Gasteiger partial charge is 0.370 e. The van der Waals surface area contributed by atoms with Crippen LogP contribution in [0.4, 0.5) is 4.39 Å². The summed E-state index contributed by atoms with van der Waals surface area (Å²) < 4.78 is 13.7. The van der Waals surface area contributed by atoms with Crippen LogP contribution in [0.15, 0.2) is 41.4 Å². The number of fused-ring (bicyclic) bond motifs is 1. The van der Waals surface area contributed by atoms with Crippen molar-refractivity contribution in [3.8, 4) is 0 Å². The van der Waals surface area contributed by atoms with Crippen molar-refractivity contribution in [1.29, 1.82) is 0 Å². The Labute approximate surface area is 204 Å². The second-order valence-corrected chi connectivity index (χ2v) is 9.48. The predicted molar refractivity (Wildman–Crippen MR) is 132 cm³/mol. The Morgan fingerprint density at radius 2 is 1.91 bits per heavy atom. The second-order valence-electron chi connectivity index (χ2n) is 9.07. The molecule has 1 amide bonds. The van der Waals surface area contributed by atoms with E-state index in [1.165, 1.54) is 17.7 Å². The van der Waals surface area contributed by atoms with Crippen LogP contribution in [0.5, 0.6) is 0 Å². The highest BCUT2D eigenvalue weighted by molar-refractivity contribution is 6.36. The average Bonchev–Trinajstić information content (AvgIpc) is 3.11. The van der Waals surface area contributed by atoms with E-state index < -0.39 is 23.5 Å². The number of hydrogen-bond donors (Lipinski definition) is 3. The Morgan fingerprint density at radius 3 is 2.56 bits per heavy atom. The number of ketones is 1. The molecule has 0 unspecified atom stereocenters. The van der Waals surface area contributed by atoms with Crippen LogP contribution in [0.3, 0.4) is 0 Å². The summed E-state index contributed by atoms with van der Waals surface area (Å²) >= 11 is 5.69. The maximum atomic E-state index is 13.7. The monoisotopic (exact) mass is 487 g/mol. The molecule has 0 bridgehead atoms. The van der Waals surface area contributed by atoms with E-state index in [1.807, 2.05) is 12.1 Å². The predicted octanol–water partition coefficient (Wildman–Crippen LogP) is 2.73. The first-order chi connectivity index (χ1) is 16.0. The molecule has 0 saturated carbocycles. The Balaban J connectivity index is 1.78. The Bertz CT molecular complexity index is 1100. The van der Waals surface area contributed by atoms with Crippen molar-refractivity contribution in [2.45, 2.75) is 45.3 Å². The van der Waals surface area contributed by atoms with E-state index in [-0.39, 0.29) is 23.3 Å². The van der Waals surface area contributed by atoms with Gasteiger partial charge in [0.1, 0.15) is 5.82 Å². The fraction of sp³-hybridized carbons (Fsp3) is 0.400. The maximum absolute atomic E-state index is 13.7. The van der Waals surface area contributed by atoms with Crippen LogP contribution in [0, 0.1) is 11.7 Å². The number of benzene rings is 2. The number of aliphatic imine (C=N–C) groups is 1. The summed E-state index contributed by atoms with van der Waals surface area (Å²) in [6.45, 7) is 5.40. The van der Waals surface area contributed by atoms with Gasteiger partial charge in [0.05, 0.1) is 11.1 Å². The van der Waals surface area contributed by atoms with Crippen LogP contribution in [0.2, 0.25) is 5.02 Å². The summed E-state index contributed by atoms with van der Waals surface area (Å²) in [5.41, 5.74) is 14.7. The Hall–Kier alpha value is -2.97. The number of hydrogen-bond acceptors (Lipinski definition) is 4. The number of guanidine groups is 1. The molecule has 1 aliphatic carbocycles. The molecule has 1 aliphatic rings. The number of amides is 1. The Morgan fingerprint density at radius 1 is 1.21 bits per heavy atom. The quantitative estimate of drug-likeness (QED) is 0.286. The van der Waals surface area contributed by atoms with Gasteiger partial charge in [-0.1, -0.05) is 35.9 Å². The molecule has 2 atom stereocenters. The molecule has 0 spiro atoms. The topological polar surface area (TPSA) is 114 Å². The highest BCUT2D eigenvalue weighted by Crippen LogP contribution is 2.37. The number of nitrogens with zero attached hydrogens (tertiary/aromatic N) is 2. The summed E-state index contributed by atoms with van der Waals surface area (Å²) in [6, 6.07) is 10.2. The lowest BCUT2D eigenvalue weighted by Crippen LogP contribution is -2.38. The van der Waals surface area contributed by atoms with E-state index in [9.17, 15) is 14.0 Å². The van der Waals surface area contributed by atoms with Gasteiger partial charge in [0.15, 0.2) is 5.96 Å². The highest BCUT2D eigenvalue weighted by atomic mass is 35.5. The molecule has 3 rings (SSSR count). The smallest absolute Gasteiger partial charge is 0.288 e. The molecule has 7 nitrogen and oxygen atoms in total. The highest BCUT2D eigenvalue weighted by Gasteiger charge is 2.35. The van der Waals surface area contributed by atoms with E-state index >= 15 is 0 Å². The molecule has 2 aromatic rings. The first kappa shape index (κ1) is 25.6. The van der Waals surface area contributed by atoms with Crippen molar-refractivity contribution in [1.82, 2.24) is 10.2 Å². The van der Waals surface area contributed by atoms with E-state index in [2.05, 4.69) is 42.2 Å². The lowest BCUT2D eigenvalue weighted by atomic mass is 9.99. The van der Waals surface area contributed by atoms with Gasteiger partial charge in [-0.05, 0) is 61.7 Å². The van der Waals surface area contributed by atoms with Crippen molar-refractivity contribution in [3.05, 3.63) is 69.5 Å². The number of Topliss-reactive ketones (excluding diaryl/α,β-unsaturated/α-hetero) is 1. The first-order valence-electron chi connectivity index (χ1n) is 11.2. The molecule has 0 aliphatic heterocycles. The van der Waals surface area contributed by atoms with Crippen molar-refractivity contribution < 1.29 is 14.0 Å². The van der Waals surface area contributed by atoms with Gasteiger partial charge in [-0.2, -0.15) is 0 Å². The molecule has 0 heterocycles. The van der Waals surface area contributed by atoms with Crippen LogP contribution in [0.1, 0.15) is 42.1 Å². The third-order valence-corrected chi connectivity index (χ3v) is 6.51. The molecular formula is C25H31ClFN5O2. The minimum atomic E-state index is -0.730. The summed E-state index contributed by atoms with van der Waals surface area (Å²) in [5.74, 6) is -2.15. The lowest BCUT2D eigenvalue weighted by Gasteiger charge is -2.22. The van der Waals surface area contributed by atoms with Gasteiger partial charge < -0.3 is 16.8 Å². The molecule has 0 radical (unpaired) electrons. The number of carbonyl (C=O) groups is 2. The van der Waals surface area contributed by atoms with Gasteiger partial charge >= 0.3 is 0 Å². The third-order valence-electron chi connectivity index (χ3n) is 6.21. The Kier molecular flexibility index (Phi) is 8.28. The molecule has 0 fully saturated rings. The van der Waals surface area contributed by atoms with Gasteiger partial charge in [0, 0.05) is 31.5 Å². The zero-order chi connectivity index (χ0) is 25.0. The second kappa shape index (κ2) is 11.0. The van der Waals surface area contributed by atoms with Gasteiger partial charge in [-0.3, -0.25) is 19.5 Å². The van der Waals surface area contributed by atoms with E-state index in [1.54, 1.807) is 0 Å². The number of halogens is 2. The third kappa shape index (κ3) is 6.33. The van der Waals surface area contributed by atoms with Crippen molar-refractivity contribution in [3.63, 3.8) is 0 Å². The maximum Gasteiger partial charge on any atom is 0.288 e. The molecule has 182 valence electrons. The molecule has 9 heteroatoms.